The number of nitrogens with one attached hydrogen (secondary N) is 1. The summed E-state index contributed by atoms with van der Waals surface area (Å²) in [5.41, 5.74) is 5.19. The van der Waals surface area contributed by atoms with Crippen LogP contribution in [0, 0.1) is 13.8 Å². The van der Waals surface area contributed by atoms with Crippen molar-refractivity contribution in [1.29, 1.82) is 0 Å². The highest BCUT2D eigenvalue weighted by molar-refractivity contribution is 7.99. The van der Waals surface area contributed by atoms with Crippen molar-refractivity contribution in [1.82, 2.24) is 15.4 Å². The van der Waals surface area contributed by atoms with Gasteiger partial charge in [0, 0.05) is 11.4 Å². The molecule has 0 bridgehead atoms. The number of amides is 1. The summed E-state index contributed by atoms with van der Waals surface area (Å²) in [4.78, 5) is 20.5. The molecule has 7 heteroatoms. The van der Waals surface area contributed by atoms with E-state index in [-0.39, 0.29) is 11.7 Å². The molecule has 144 valence electrons. The minimum Gasteiger partial charge on any atom is -0.494 e. The number of nitrogens with zero attached hydrogens (tertiary/aromatic N) is 3. The third kappa shape index (κ3) is 8.21. The van der Waals surface area contributed by atoms with Crippen LogP contribution in [0.25, 0.3) is 0 Å². The number of aromatic nitrogens is 2. The first-order chi connectivity index (χ1) is 13.1. The monoisotopic (exact) mass is 386 g/mol. The highest BCUT2D eigenvalue weighted by atomic mass is 32.2. The first-order valence-electron chi connectivity index (χ1n) is 9.06. The van der Waals surface area contributed by atoms with Crippen LogP contribution in [-0.2, 0) is 4.79 Å². The van der Waals surface area contributed by atoms with Gasteiger partial charge in [-0.25, -0.2) is 15.4 Å². The molecule has 0 atom stereocenters. The number of hydrogen-bond acceptors (Lipinski definition) is 6. The van der Waals surface area contributed by atoms with Gasteiger partial charge in [0.2, 0.25) is 0 Å². The molecule has 1 amide bonds. The van der Waals surface area contributed by atoms with Crippen LogP contribution in [0.3, 0.4) is 0 Å². The minimum atomic E-state index is -0.199. The maximum Gasteiger partial charge on any atom is 0.250 e. The van der Waals surface area contributed by atoms with Crippen LogP contribution in [0.5, 0.6) is 5.75 Å². The van der Waals surface area contributed by atoms with Gasteiger partial charge in [0.05, 0.1) is 18.6 Å². The molecule has 0 radical (unpaired) electrons. The summed E-state index contributed by atoms with van der Waals surface area (Å²) in [5.74, 6) is 0.858. The Morgan fingerprint density at radius 1 is 1.19 bits per heavy atom. The van der Waals surface area contributed by atoms with E-state index in [1.165, 1.54) is 24.6 Å². The van der Waals surface area contributed by atoms with Gasteiger partial charge >= 0.3 is 0 Å². The van der Waals surface area contributed by atoms with Gasteiger partial charge in [-0.15, -0.1) is 0 Å². The Balaban J connectivity index is 1.73. The second kappa shape index (κ2) is 11.3. The SMILES string of the molecule is CCCCCOc1ccc(/C=N\NC(=O)CSc2nc(C)cc(C)n2)cc1. The van der Waals surface area contributed by atoms with E-state index >= 15 is 0 Å². The topological polar surface area (TPSA) is 76.5 Å². The lowest BCUT2D eigenvalue weighted by Crippen LogP contribution is -2.19. The summed E-state index contributed by atoms with van der Waals surface area (Å²) in [5, 5.41) is 4.58. The van der Waals surface area contributed by atoms with Gasteiger partial charge in [-0.05, 0) is 56.2 Å². The zero-order valence-corrected chi connectivity index (χ0v) is 16.9. The standard InChI is InChI=1S/C20H26N4O2S/c1-4-5-6-11-26-18-9-7-17(8-10-18)13-21-24-19(25)14-27-20-22-15(2)12-16(3)23-20/h7-10,12-13H,4-6,11,14H2,1-3H3,(H,24,25)/b21-13-. The molecule has 0 unspecified atom stereocenters. The van der Waals surface area contributed by atoms with Gasteiger partial charge in [-0.3, -0.25) is 4.79 Å². The summed E-state index contributed by atoms with van der Waals surface area (Å²) in [6, 6.07) is 9.52. The number of benzene rings is 1. The van der Waals surface area contributed by atoms with E-state index in [9.17, 15) is 4.79 Å². The molecule has 0 saturated carbocycles. The van der Waals surface area contributed by atoms with Crippen LogP contribution >= 0.6 is 11.8 Å². The highest BCUT2D eigenvalue weighted by Crippen LogP contribution is 2.14. The third-order valence-corrected chi connectivity index (χ3v) is 4.44. The predicted octanol–water partition coefficient (Wildman–Crippen LogP) is 3.90. The van der Waals surface area contributed by atoms with Crippen LogP contribution in [0.1, 0.15) is 43.1 Å². The van der Waals surface area contributed by atoms with Gasteiger partial charge in [-0.1, -0.05) is 31.5 Å². The van der Waals surface area contributed by atoms with E-state index in [1.807, 2.05) is 44.2 Å². The van der Waals surface area contributed by atoms with Crippen molar-refractivity contribution in [3.8, 4) is 5.75 Å². The number of thioether (sulfide) groups is 1. The molecule has 0 fully saturated rings. The average molecular weight is 387 g/mol. The van der Waals surface area contributed by atoms with Crippen LogP contribution in [0.4, 0.5) is 0 Å². The zero-order valence-electron chi connectivity index (χ0n) is 16.1. The van der Waals surface area contributed by atoms with Gasteiger partial charge in [0.15, 0.2) is 5.16 Å². The van der Waals surface area contributed by atoms with E-state index < -0.39 is 0 Å². The zero-order chi connectivity index (χ0) is 19.5. The first-order valence-corrected chi connectivity index (χ1v) is 10.0. The Bertz CT molecular complexity index is 743. The lowest BCUT2D eigenvalue weighted by Gasteiger charge is -2.05. The second-order valence-electron chi connectivity index (χ2n) is 6.14. The van der Waals surface area contributed by atoms with Gasteiger partial charge in [0.1, 0.15) is 5.75 Å². The molecule has 1 heterocycles. The number of hydrazone groups is 1. The van der Waals surface area contributed by atoms with E-state index in [2.05, 4.69) is 27.4 Å². The van der Waals surface area contributed by atoms with Crippen molar-refractivity contribution in [2.45, 2.75) is 45.2 Å². The largest absolute Gasteiger partial charge is 0.494 e. The molecule has 0 aliphatic rings. The lowest BCUT2D eigenvalue weighted by molar-refractivity contribution is -0.118. The van der Waals surface area contributed by atoms with Crippen molar-refractivity contribution in [2.24, 2.45) is 5.10 Å². The molecule has 2 rings (SSSR count). The molecule has 1 aromatic heterocycles. The Kier molecular flexibility index (Phi) is 8.77. The Hall–Kier alpha value is -2.41. The summed E-state index contributed by atoms with van der Waals surface area (Å²) >= 11 is 1.29. The predicted molar refractivity (Wildman–Crippen MR) is 109 cm³/mol. The fourth-order valence-electron chi connectivity index (χ4n) is 2.29. The van der Waals surface area contributed by atoms with Crippen LogP contribution in [-0.4, -0.2) is 34.4 Å². The minimum absolute atomic E-state index is 0.199. The summed E-state index contributed by atoms with van der Waals surface area (Å²) in [7, 11) is 0. The van der Waals surface area contributed by atoms with Crippen LogP contribution in [0.15, 0.2) is 40.6 Å². The molecule has 1 N–H and O–H groups in total. The van der Waals surface area contributed by atoms with Crippen molar-refractivity contribution < 1.29 is 9.53 Å². The molecule has 0 aliphatic heterocycles. The van der Waals surface area contributed by atoms with Gasteiger partial charge < -0.3 is 4.74 Å². The molecule has 1 aromatic carbocycles. The molecular formula is C20H26N4O2S. The number of ether oxygens (including phenoxy) is 1. The second-order valence-corrected chi connectivity index (χ2v) is 7.08. The molecule has 27 heavy (non-hydrogen) atoms. The maximum absolute atomic E-state index is 11.9. The average Bonchev–Trinajstić information content (AvgIpc) is 2.64. The number of unbranched alkanes of at least 4 members (excludes halogenated alkanes) is 2. The summed E-state index contributed by atoms with van der Waals surface area (Å²) < 4.78 is 5.67. The smallest absolute Gasteiger partial charge is 0.250 e. The third-order valence-electron chi connectivity index (χ3n) is 3.59. The Labute approximate surface area is 164 Å². The molecule has 0 saturated heterocycles. The highest BCUT2D eigenvalue weighted by Gasteiger charge is 2.05. The Morgan fingerprint density at radius 3 is 2.56 bits per heavy atom. The molecular weight excluding hydrogens is 360 g/mol. The van der Waals surface area contributed by atoms with Crippen molar-refractivity contribution in [3.05, 3.63) is 47.3 Å². The van der Waals surface area contributed by atoms with Crippen LogP contribution in [0.2, 0.25) is 0 Å². The summed E-state index contributed by atoms with van der Waals surface area (Å²) in [6.45, 7) is 6.72. The molecule has 6 nitrogen and oxygen atoms in total. The Morgan fingerprint density at radius 2 is 1.89 bits per heavy atom. The number of aryl methyl sites for hydroxylation is 2. The molecule has 2 aromatic rings. The quantitative estimate of drug-likeness (QED) is 0.220. The fraction of sp³-hybridized carbons (Fsp3) is 0.400. The van der Waals surface area contributed by atoms with Crippen molar-refractivity contribution in [3.63, 3.8) is 0 Å². The number of carbonyl (C=O) groups is 1. The summed E-state index contributed by atoms with van der Waals surface area (Å²) in [6.07, 6.45) is 5.03. The van der Waals surface area contributed by atoms with Crippen LogP contribution < -0.4 is 10.2 Å². The van der Waals surface area contributed by atoms with Crippen molar-refractivity contribution >= 4 is 23.9 Å². The van der Waals surface area contributed by atoms with Gasteiger partial charge in [0.25, 0.3) is 5.91 Å². The number of rotatable bonds is 10. The first kappa shape index (κ1) is 20.9. The lowest BCUT2D eigenvalue weighted by atomic mass is 10.2. The van der Waals surface area contributed by atoms with E-state index in [0.717, 1.165) is 35.7 Å². The fourth-order valence-corrected chi connectivity index (χ4v) is 3.03. The normalized spacial score (nSPS) is 10.9. The maximum atomic E-state index is 11.9. The van der Waals surface area contributed by atoms with E-state index in [1.54, 1.807) is 6.21 Å². The molecule has 0 spiro atoms. The van der Waals surface area contributed by atoms with E-state index in [0.29, 0.717) is 5.16 Å². The van der Waals surface area contributed by atoms with Crippen molar-refractivity contribution in [2.75, 3.05) is 12.4 Å². The number of carbonyl (C=O) groups excluding carboxylic acids is 1. The number of hydrogen-bond donors (Lipinski definition) is 1. The van der Waals surface area contributed by atoms with Gasteiger partial charge in [-0.2, -0.15) is 5.10 Å². The molecule has 0 aliphatic carbocycles. The van der Waals surface area contributed by atoms with E-state index in [4.69, 9.17) is 4.74 Å².